The number of fused-ring (bicyclic) bond motifs is 1. The first kappa shape index (κ1) is 11.8. The van der Waals surface area contributed by atoms with E-state index in [1.54, 1.807) is 0 Å². The molecule has 2 atom stereocenters. The van der Waals surface area contributed by atoms with Crippen LogP contribution in [0, 0.1) is 11.8 Å². The molecule has 1 saturated carbocycles. The van der Waals surface area contributed by atoms with Crippen molar-refractivity contribution in [1.29, 1.82) is 0 Å². The molecule has 2 fully saturated rings. The van der Waals surface area contributed by atoms with Gasteiger partial charge in [-0.1, -0.05) is 19.4 Å². The Kier molecular flexibility index (Phi) is 3.00. The van der Waals surface area contributed by atoms with E-state index in [0.717, 1.165) is 12.8 Å². The third kappa shape index (κ3) is 1.97. The van der Waals surface area contributed by atoms with Gasteiger partial charge in [0.15, 0.2) is 0 Å². The first-order valence-corrected chi connectivity index (χ1v) is 5.78. The van der Waals surface area contributed by atoms with Crippen LogP contribution in [0.3, 0.4) is 0 Å². The first-order chi connectivity index (χ1) is 8.02. The largest absolute Gasteiger partial charge is 0.359 e. The third-order valence-corrected chi connectivity index (χ3v) is 3.32. The molecule has 2 amide bonds. The number of hydrogen-bond donors (Lipinski definition) is 0. The van der Waals surface area contributed by atoms with Crippen molar-refractivity contribution < 1.29 is 19.2 Å². The minimum absolute atomic E-state index is 0.167. The maximum absolute atomic E-state index is 11.9. The Hall–Kier alpha value is -1.65. The molecule has 0 spiro atoms. The molecule has 1 aliphatic carbocycles. The zero-order valence-electron chi connectivity index (χ0n) is 9.77. The van der Waals surface area contributed by atoms with E-state index in [9.17, 15) is 14.4 Å². The van der Waals surface area contributed by atoms with Crippen molar-refractivity contribution in [2.24, 2.45) is 11.8 Å². The quantitative estimate of drug-likeness (QED) is 0.534. The van der Waals surface area contributed by atoms with Crippen LogP contribution in [0.15, 0.2) is 12.2 Å². The molecule has 2 rings (SSSR count). The molecule has 0 aromatic carbocycles. The summed E-state index contributed by atoms with van der Waals surface area (Å²) in [5.41, 5.74) is 0.167. The summed E-state index contributed by atoms with van der Waals surface area (Å²) in [5, 5.41) is 0.637. The van der Waals surface area contributed by atoms with Crippen molar-refractivity contribution >= 4 is 17.8 Å². The van der Waals surface area contributed by atoms with Gasteiger partial charge in [-0.3, -0.25) is 9.59 Å². The lowest BCUT2D eigenvalue weighted by Gasteiger charge is -2.19. The molecule has 0 radical (unpaired) electrons. The predicted molar refractivity (Wildman–Crippen MR) is 58.2 cm³/mol. The van der Waals surface area contributed by atoms with E-state index < -0.39 is 5.97 Å². The van der Waals surface area contributed by atoms with E-state index in [4.69, 9.17) is 4.84 Å². The summed E-state index contributed by atoms with van der Waals surface area (Å²) in [6.07, 6.45) is 3.30. The second kappa shape index (κ2) is 4.31. The molecule has 0 aromatic heterocycles. The molecule has 5 nitrogen and oxygen atoms in total. The van der Waals surface area contributed by atoms with Crippen LogP contribution >= 0.6 is 0 Å². The molecule has 17 heavy (non-hydrogen) atoms. The number of imide groups is 1. The maximum Gasteiger partial charge on any atom is 0.359 e. The fourth-order valence-corrected chi connectivity index (χ4v) is 2.38. The number of nitrogens with zero attached hydrogens (tertiary/aromatic N) is 1. The van der Waals surface area contributed by atoms with E-state index in [-0.39, 0.29) is 29.2 Å². The van der Waals surface area contributed by atoms with Crippen LogP contribution in [0.1, 0.15) is 32.6 Å². The molecule has 1 aliphatic heterocycles. The maximum atomic E-state index is 11.9. The van der Waals surface area contributed by atoms with Gasteiger partial charge in [-0.15, -0.1) is 5.06 Å². The van der Waals surface area contributed by atoms with E-state index in [2.05, 4.69) is 6.58 Å². The van der Waals surface area contributed by atoms with E-state index in [1.165, 1.54) is 6.92 Å². The van der Waals surface area contributed by atoms with Gasteiger partial charge < -0.3 is 4.84 Å². The Balaban J connectivity index is 2.13. The summed E-state index contributed by atoms with van der Waals surface area (Å²) in [7, 11) is 0. The van der Waals surface area contributed by atoms with Crippen LogP contribution in [0.4, 0.5) is 0 Å². The summed E-state index contributed by atoms with van der Waals surface area (Å²) < 4.78 is 0. The van der Waals surface area contributed by atoms with Gasteiger partial charge in [0.05, 0.1) is 11.8 Å². The van der Waals surface area contributed by atoms with Gasteiger partial charge in [-0.2, -0.15) is 0 Å². The topological polar surface area (TPSA) is 63.7 Å². The van der Waals surface area contributed by atoms with Gasteiger partial charge in [0, 0.05) is 5.57 Å². The standard InChI is InChI=1S/C12H15NO4/c1-7(2)12(16)17-13-10(14)8-5-3-4-6-9(8)11(13)15/h8-9H,1,3-6H2,2H3. The van der Waals surface area contributed by atoms with E-state index in [0.29, 0.717) is 17.9 Å². The van der Waals surface area contributed by atoms with Crippen LogP contribution in [-0.4, -0.2) is 22.8 Å². The van der Waals surface area contributed by atoms with Gasteiger partial charge in [0.2, 0.25) is 0 Å². The Morgan fingerprint density at radius 1 is 1.24 bits per heavy atom. The SMILES string of the molecule is C=C(C)C(=O)ON1C(=O)C2CCCCC2C1=O. The Labute approximate surface area is 99.4 Å². The minimum atomic E-state index is -0.731. The molecule has 5 heteroatoms. The van der Waals surface area contributed by atoms with Crippen molar-refractivity contribution in [2.75, 3.05) is 0 Å². The highest BCUT2D eigenvalue weighted by Crippen LogP contribution is 2.38. The van der Waals surface area contributed by atoms with Gasteiger partial charge in [-0.05, 0) is 19.8 Å². The fourth-order valence-electron chi connectivity index (χ4n) is 2.38. The van der Waals surface area contributed by atoms with Crippen molar-refractivity contribution in [2.45, 2.75) is 32.6 Å². The van der Waals surface area contributed by atoms with Gasteiger partial charge >= 0.3 is 5.97 Å². The Morgan fingerprint density at radius 2 is 1.71 bits per heavy atom. The highest BCUT2D eigenvalue weighted by molar-refractivity contribution is 6.05. The van der Waals surface area contributed by atoms with Gasteiger partial charge in [-0.25, -0.2) is 4.79 Å². The highest BCUT2D eigenvalue weighted by atomic mass is 16.7. The first-order valence-electron chi connectivity index (χ1n) is 5.78. The molecule has 0 bridgehead atoms. The Bertz CT molecular complexity index is 377. The summed E-state index contributed by atoms with van der Waals surface area (Å²) >= 11 is 0. The van der Waals surface area contributed by atoms with Gasteiger partial charge in [0.1, 0.15) is 0 Å². The van der Waals surface area contributed by atoms with Crippen molar-refractivity contribution in [3.8, 4) is 0 Å². The zero-order chi connectivity index (χ0) is 12.6. The lowest BCUT2D eigenvalue weighted by Crippen LogP contribution is -2.33. The summed E-state index contributed by atoms with van der Waals surface area (Å²) in [6, 6.07) is 0. The van der Waals surface area contributed by atoms with Crippen molar-refractivity contribution in [3.63, 3.8) is 0 Å². The summed E-state index contributed by atoms with van der Waals surface area (Å²) in [5.74, 6) is -2.09. The lowest BCUT2D eigenvalue weighted by atomic mass is 9.81. The smallest absolute Gasteiger partial charge is 0.325 e. The number of hydrogen-bond acceptors (Lipinski definition) is 4. The molecule has 92 valence electrons. The molecule has 1 saturated heterocycles. The van der Waals surface area contributed by atoms with Crippen molar-refractivity contribution in [3.05, 3.63) is 12.2 Å². The highest BCUT2D eigenvalue weighted by Gasteiger charge is 2.50. The average Bonchev–Trinajstić information content (AvgIpc) is 2.55. The summed E-state index contributed by atoms with van der Waals surface area (Å²) in [6.45, 7) is 4.89. The summed E-state index contributed by atoms with van der Waals surface area (Å²) in [4.78, 5) is 39.9. The second-order valence-corrected chi connectivity index (χ2v) is 4.63. The fraction of sp³-hybridized carbons (Fsp3) is 0.583. The average molecular weight is 237 g/mol. The molecular weight excluding hydrogens is 222 g/mol. The molecular formula is C12H15NO4. The monoisotopic (exact) mass is 237 g/mol. The third-order valence-electron chi connectivity index (χ3n) is 3.32. The Morgan fingerprint density at radius 3 is 2.12 bits per heavy atom. The second-order valence-electron chi connectivity index (χ2n) is 4.63. The molecule has 2 aliphatic rings. The zero-order valence-corrected chi connectivity index (χ0v) is 9.77. The lowest BCUT2D eigenvalue weighted by molar-refractivity contribution is -0.195. The number of amides is 2. The van der Waals surface area contributed by atoms with E-state index >= 15 is 0 Å². The van der Waals surface area contributed by atoms with Crippen LogP contribution in [0.5, 0.6) is 0 Å². The number of hydroxylamine groups is 2. The van der Waals surface area contributed by atoms with Gasteiger partial charge in [0.25, 0.3) is 11.8 Å². The molecule has 0 N–H and O–H groups in total. The predicted octanol–water partition coefficient (Wildman–Crippen LogP) is 1.20. The van der Waals surface area contributed by atoms with Crippen molar-refractivity contribution in [1.82, 2.24) is 5.06 Å². The molecule has 1 heterocycles. The minimum Gasteiger partial charge on any atom is -0.325 e. The normalized spacial score (nSPS) is 27.9. The molecule has 2 unspecified atom stereocenters. The van der Waals surface area contributed by atoms with Crippen LogP contribution in [-0.2, 0) is 19.2 Å². The van der Waals surface area contributed by atoms with E-state index in [1.807, 2.05) is 0 Å². The van der Waals surface area contributed by atoms with Crippen LogP contribution in [0.2, 0.25) is 0 Å². The number of carbonyl (C=O) groups excluding carboxylic acids is 3. The van der Waals surface area contributed by atoms with Crippen LogP contribution < -0.4 is 0 Å². The molecule has 0 aromatic rings. The number of rotatable bonds is 2. The number of carbonyl (C=O) groups is 3. The van der Waals surface area contributed by atoms with Crippen LogP contribution in [0.25, 0.3) is 0 Å².